The van der Waals surface area contributed by atoms with Crippen LogP contribution in [0.5, 0.6) is 0 Å². The highest BCUT2D eigenvalue weighted by Gasteiger charge is 2.32. The van der Waals surface area contributed by atoms with Crippen molar-refractivity contribution in [3.8, 4) is 0 Å². The molecule has 0 aliphatic heterocycles. The van der Waals surface area contributed by atoms with Crippen LogP contribution < -0.4 is 5.73 Å². The first-order chi connectivity index (χ1) is 13.3. The number of carboxylic acids is 1. The normalized spacial score (nSPS) is 13.9. The maximum absolute atomic E-state index is 12.3. The lowest BCUT2D eigenvalue weighted by molar-refractivity contribution is -0.384. The van der Waals surface area contributed by atoms with Crippen molar-refractivity contribution in [3.05, 3.63) is 75.8 Å². The molecule has 2 rings (SSSR count). The average Bonchev–Trinajstić information content (AvgIpc) is 2.70. The van der Waals surface area contributed by atoms with Gasteiger partial charge < -0.3 is 15.6 Å². The van der Waals surface area contributed by atoms with Gasteiger partial charge in [0.1, 0.15) is 6.61 Å². The lowest BCUT2D eigenvalue weighted by atomic mass is 9.87. The Morgan fingerprint density at radius 2 is 1.75 bits per heavy atom. The number of carbonyl (C=O) groups is 2. The van der Waals surface area contributed by atoms with Crippen LogP contribution in [-0.2, 0) is 20.9 Å². The monoisotopic (exact) mass is 386 g/mol. The molecule has 8 nitrogen and oxygen atoms in total. The van der Waals surface area contributed by atoms with E-state index >= 15 is 0 Å². The molecule has 148 valence electrons. The van der Waals surface area contributed by atoms with Gasteiger partial charge in [-0.25, -0.2) is 0 Å². The number of aliphatic carboxylic acids is 1. The first kappa shape index (κ1) is 21.0. The Hall–Kier alpha value is -3.26. The summed E-state index contributed by atoms with van der Waals surface area (Å²) in [6.07, 6.45) is -0.0128. The van der Waals surface area contributed by atoms with Crippen LogP contribution in [0.2, 0.25) is 0 Å². The minimum absolute atomic E-state index is 0.00770. The van der Waals surface area contributed by atoms with Crippen molar-refractivity contribution in [1.82, 2.24) is 0 Å². The van der Waals surface area contributed by atoms with Crippen LogP contribution in [0.3, 0.4) is 0 Å². The molecule has 28 heavy (non-hydrogen) atoms. The quantitative estimate of drug-likeness (QED) is 0.293. The average molecular weight is 386 g/mol. The van der Waals surface area contributed by atoms with Gasteiger partial charge in [0.15, 0.2) is 5.92 Å². The number of rotatable bonds is 9. The molecule has 0 saturated heterocycles. The number of carboxylic acid groups (broad SMARTS) is 1. The molecule has 0 saturated carbocycles. The maximum atomic E-state index is 12.3. The van der Waals surface area contributed by atoms with Crippen molar-refractivity contribution in [3.63, 3.8) is 0 Å². The molecule has 0 amide bonds. The largest absolute Gasteiger partial charge is 0.481 e. The highest BCUT2D eigenvalue weighted by molar-refractivity contribution is 5.93. The number of non-ortho nitro benzene ring substituents is 1. The molecule has 3 atom stereocenters. The van der Waals surface area contributed by atoms with Gasteiger partial charge in [-0.15, -0.1) is 0 Å². The molecule has 8 heteroatoms. The predicted octanol–water partition coefficient (Wildman–Crippen LogP) is 3.07. The van der Waals surface area contributed by atoms with Crippen molar-refractivity contribution in [2.75, 3.05) is 0 Å². The Balaban J connectivity index is 2.00. The summed E-state index contributed by atoms with van der Waals surface area (Å²) in [7, 11) is 0. The zero-order valence-corrected chi connectivity index (χ0v) is 15.4. The van der Waals surface area contributed by atoms with E-state index in [1.807, 2.05) is 6.07 Å². The summed E-state index contributed by atoms with van der Waals surface area (Å²) in [6.45, 7) is 1.72. The van der Waals surface area contributed by atoms with Gasteiger partial charge in [0, 0.05) is 18.2 Å². The summed E-state index contributed by atoms with van der Waals surface area (Å²) in [5, 5.41) is 20.2. The molecule has 0 radical (unpaired) electrons. The topological polar surface area (TPSA) is 133 Å². The van der Waals surface area contributed by atoms with E-state index in [1.54, 1.807) is 31.2 Å². The third-order valence-corrected chi connectivity index (χ3v) is 4.52. The SMILES string of the molecule is CC(CC(C(=O)O)C(=O)OCc1ccccc1)C(N)c1ccc([N+](=O)[O-])cc1. The predicted molar refractivity (Wildman–Crippen MR) is 101 cm³/mol. The van der Waals surface area contributed by atoms with Crippen LogP contribution in [0.25, 0.3) is 0 Å². The molecular formula is C20H22N2O6. The van der Waals surface area contributed by atoms with E-state index in [0.717, 1.165) is 5.56 Å². The second-order valence-electron chi connectivity index (χ2n) is 6.57. The molecule has 3 N–H and O–H groups in total. The van der Waals surface area contributed by atoms with Crippen LogP contribution >= 0.6 is 0 Å². The summed E-state index contributed by atoms with van der Waals surface area (Å²) >= 11 is 0. The van der Waals surface area contributed by atoms with E-state index in [4.69, 9.17) is 10.5 Å². The standard InChI is InChI=1S/C20H22N2O6/c1-13(18(21)15-7-9-16(10-8-15)22(26)27)11-17(19(23)24)20(25)28-12-14-5-3-2-4-6-14/h2-10,13,17-18H,11-12,21H2,1H3,(H,23,24). The van der Waals surface area contributed by atoms with Gasteiger partial charge in [0.2, 0.25) is 0 Å². The number of nitrogens with zero attached hydrogens (tertiary/aromatic N) is 1. The molecule has 0 aliphatic carbocycles. The molecular weight excluding hydrogens is 364 g/mol. The van der Waals surface area contributed by atoms with Crippen molar-refractivity contribution < 1.29 is 24.4 Å². The number of benzene rings is 2. The minimum Gasteiger partial charge on any atom is -0.481 e. The van der Waals surface area contributed by atoms with E-state index in [-0.39, 0.29) is 24.6 Å². The zero-order chi connectivity index (χ0) is 20.7. The van der Waals surface area contributed by atoms with Gasteiger partial charge in [-0.2, -0.15) is 0 Å². The van der Waals surface area contributed by atoms with Gasteiger partial charge >= 0.3 is 11.9 Å². The van der Waals surface area contributed by atoms with E-state index < -0.39 is 28.8 Å². The highest BCUT2D eigenvalue weighted by atomic mass is 16.6. The van der Waals surface area contributed by atoms with Crippen LogP contribution in [0.15, 0.2) is 54.6 Å². The second-order valence-corrected chi connectivity index (χ2v) is 6.57. The van der Waals surface area contributed by atoms with Crippen LogP contribution in [0.4, 0.5) is 5.69 Å². The smallest absolute Gasteiger partial charge is 0.320 e. The number of ether oxygens (including phenoxy) is 1. The van der Waals surface area contributed by atoms with Gasteiger partial charge in [-0.1, -0.05) is 49.4 Å². The number of nitro groups is 1. The molecule has 3 unspecified atom stereocenters. The fraction of sp³-hybridized carbons (Fsp3) is 0.300. The van der Waals surface area contributed by atoms with Crippen molar-refractivity contribution in [1.29, 1.82) is 0 Å². The second kappa shape index (κ2) is 9.61. The number of nitro benzene ring substituents is 1. The summed E-state index contributed by atoms with van der Waals surface area (Å²) in [6, 6.07) is 14.1. The maximum Gasteiger partial charge on any atom is 0.320 e. The van der Waals surface area contributed by atoms with Gasteiger partial charge in [0.25, 0.3) is 5.69 Å². The summed E-state index contributed by atoms with van der Waals surface area (Å²) in [4.78, 5) is 34.0. The summed E-state index contributed by atoms with van der Waals surface area (Å²) < 4.78 is 5.14. The number of hydrogen-bond acceptors (Lipinski definition) is 6. The lowest BCUT2D eigenvalue weighted by Gasteiger charge is -2.23. The minimum atomic E-state index is -1.34. The molecule has 0 spiro atoms. The van der Waals surface area contributed by atoms with E-state index in [9.17, 15) is 24.8 Å². The molecule has 0 fully saturated rings. The van der Waals surface area contributed by atoms with E-state index in [0.29, 0.717) is 5.56 Å². The highest BCUT2D eigenvalue weighted by Crippen LogP contribution is 2.27. The van der Waals surface area contributed by atoms with Crippen LogP contribution in [-0.4, -0.2) is 22.0 Å². The zero-order valence-electron chi connectivity index (χ0n) is 15.4. The molecule has 0 aliphatic rings. The molecule has 0 heterocycles. The molecule has 2 aromatic rings. The van der Waals surface area contributed by atoms with E-state index in [2.05, 4.69) is 0 Å². The van der Waals surface area contributed by atoms with Crippen LogP contribution in [0.1, 0.15) is 30.5 Å². The third kappa shape index (κ3) is 5.62. The van der Waals surface area contributed by atoms with Gasteiger partial charge in [-0.05, 0) is 23.5 Å². The van der Waals surface area contributed by atoms with Crippen molar-refractivity contribution in [2.45, 2.75) is 26.0 Å². The Morgan fingerprint density at radius 1 is 1.14 bits per heavy atom. The number of hydrogen-bond donors (Lipinski definition) is 2. The Kier molecular flexibility index (Phi) is 7.22. The molecule has 2 aromatic carbocycles. The van der Waals surface area contributed by atoms with Gasteiger partial charge in [0.05, 0.1) is 4.92 Å². The van der Waals surface area contributed by atoms with Crippen molar-refractivity contribution in [2.24, 2.45) is 17.6 Å². The fourth-order valence-electron chi connectivity index (χ4n) is 2.79. The lowest BCUT2D eigenvalue weighted by Crippen LogP contribution is -2.31. The Labute approximate surface area is 162 Å². The summed E-state index contributed by atoms with van der Waals surface area (Å²) in [5.74, 6) is -3.81. The summed E-state index contributed by atoms with van der Waals surface area (Å²) in [5.41, 5.74) is 7.49. The number of carbonyl (C=O) groups excluding carboxylic acids is 1. The fourth-order valence-corrected chi connectivity index (χ4v) is 2.79. The van der Waals surface area contributed by atoms with Crippen molar-refractivity contribution >= 4 is 17.6 Å². The van der Waals surface area contributed by atoms with E-state index in [1.165, 1.54) is 24.3 Å². The molecule has 0 aromatic heterocycles. The Bertz CT molecular complexity index is 822. The Morgan fingerprint density at radius 3 is 2.29 bits per heavy atom. The van der Waals surface area contributed by atoms with Gasteiger partial charge in [-0.3, -0.25) is 19.7 Å². The molecule has 0 bridgehead atoms. The number of esters is 1. The van der Waals surface area contributed by atoms with Crippen LogP contribution in [0, 0.1) is 22.0 Å². The first-order valence-corrected chi connectivity index (χ1v) is 8.73. The first-order valence-electron chi connectivity index (χ1n) is 8.73. The number of nitrogens with two attached hydrogens (primary N) is 1. The third-order valence-electron chi connectivity index (χ3n) is 4.52.